The fourth-order valence-corrected chi connectivity index (χ4v) is 2.51. The number of aryl methyl sites for hydroxylation is 1. The Labute approximate surface area is 147 Å². The van der Waals surface area contributed by atoms with Crippen molar-refractivity contribution in [3.05, 3.63) is 28.6 Å². The molecule has 0 aliphatic heterocycles. The molecule has 0 saturated heterocycles. The Morgan fingerprint density at radius 2 is 1.88 bits per heavy atom. The van der Waals surface area contributed by atoms with Crippen LogP contribution in [0.5, 0.6) is 11.5 Å². The van der Waals surface area contributed by atoms with Gasteiger partial charge in [-0.1, -0.05) is 6.92 Å². The third kappa shape index (κ3) is 4.81. The highest BCUT2D eigenvalue weighted by atomic mass is 19.1. The first-order chi connectivity index (χ1) is 11.8. The average molecular weight is 352 g/mol. The lowest BCUT2D eigenvalue weighted by Gasteiger charge is -2.14. The van der Waals surface area contributed by atoms with E-state index >= 15 is 0 Å². The molecule has 0 radical (unpaired) electrons. The van der Waals surface area contributed by atoms with Crippen LogP contribution in [0, 0.1) is 18.7 Å². The first-order valence-electron chi connectivity index (χ1n) is 8.00. The van der Waals surface area contributed by atoms with Gasteiger partial charge in [0.2, 0.25) is 0 Å². The highest BCUT2D eigenvalue weighted by Gasteiger charge is 2.22. The van der Waals surface area contributed by atoms with E-state index in [4.69, 9.17) is 14.2 Å². The monoisotopic (exact) mass is 352 g/mol. The molecule has 0 saturated carbocycles. The third-order valence-corrected chi connectivity index (χ3v) is 4.12. The van der Waals surface area contributed by atoms with Gasteiger partial charge in [0, 0.05) is 12.0 Å². The van der Waals surface area contributed by atoms with Crippen molar-refractivity contribution in [3.8, 4) is 11.5 Å². The average Bonchev–Trinajstić information content (AvgIpc) is 2.61. The Morgan fingerprint density at radius 3 is 2.36 bits per heavy atom. The minimum Gasteiger partial charge on any atom is -0.493 e. The molecule has 5 nitrogen and oxygen atoms in total. The van der Waals surface area contributed by atoms with Gasteiger partial charge in [-0.25, -0.2) is 4.39 Å². The SMILES string of the molecule is CCC(CC(=O)/C(C)=C/c1c(C)cc(OC)c(OC)c1F)C(=O)OC. The number of carbonyl (C=O) groups is 2. The number of ether oxygens (including phenoxy) is 3. The zero-order chi connectivity index (χ0) is 19.1. The zero-order valence-corrected chi connectivity index (χ0v) is 15.6. The Hall–Kier alpha value is -2.37. The maximum absolute atomic E-state index is 14.7. The van der Waals surface area contributed by atoms with Crippen molar-refractivity contribution < 1.29 is 28.2 Å². The van der Waals surface area contributed by atoms with Gasteiger partial charge >= 0.3 is 5.97 Å². The number of carbonyl (C=O) groups excluding carboxylic acids is 2. The van der Waals surface area contributed by atoms with Crippen LogP contribution in [0.2, 0.25) is 0 Å². The van der Waals surface area contributed by atoms with E-state index in [0.29, 0.717) is 17.6 Å². The third-order valence-electron chi connectivity index (χ3n) is 4.12. The molecule has 138 valence electrons. The number of hydrogen-bond acceptors (Lipinski definition) is 5. The molecular formula is C19H25FO5. The molecule has 1 atom stereocenters. The summed E-state index contributed by atoms with van der Waals surface area (Å²) in [6.45, 7) is 5.13. The Bertz CT molecular complexity index is 679. The van der Waals surface area contributed by atoms with E-state index in [1.165, 1.54) is 27.4 Å². The van der Waals surface area contributed by atoms with Crippen molar-refractivity contribution in [1.29, 1.82) is 0 Å². The van der Waals surface area contributed by atoms with Gasteiger partial charge < -0.3 is 14.2 Å². The largest absolute Gasteiger partial charge is 0.493 e. The molecule has 0 fully saturated rings. The Kier molecular flexibility index (Phi) is 7.61. The molecule has 6 heteroatoms. The first-order valence-corrected chi connectivity index (χ1v) is 8.00. The molecular weight excluding hydrogens is 327 g/mol. The number of esters is 1. The summed E-state index contributed by atoms with van der Waals surface area (Å²) in [5, 5.41) is 0. The summed E-state index contributed by atoms with van der Waals surface area (Å²) in [4.78, 5) is 24.0. The fraction of sp³-hybridized carbons (Fsp3) is 0.474. The lowest BCUT2D eigenvalue weighted by molar-refractivity contribution is -0.147. The fourth-order valence-electron chi connectivity index (χ4n) is 2.51. The zero-order valence-electron chi connectivity index (χ0n) is 15.6. The van der Waals surface area contributed by atoms with Gasteiger partial charge in [-0.05, 0) is 43.5 Å². The first kappa shape index (κ1) is 20.7. The minimum absolute atomic E-state index is 0.0133. The van der Waals surface area contributed by atoms with E-state index < -0.39 is 17.7 Å². The Morgan fingerprint density at radius 1 is 1.24 bits per heavy atom. The molecule has 0 aliphatic carbocycles. The summed E-state index contributed by atoms with van der Waals surface area (Å²) in [5.41, 5.74) is 1.23. The molecule has 1 aromatic carbocycles. The topological polar surface area (TPSA) is 61.8 Å². The summed E-state index contributed by atoms with van der Waals surface area (Å²) in [6, 6.07) is 1.65. The van der Waals surface area contributed by atoms with Crippen LogP contribution in [0.15, 0.2) is 11.6 Å². The van der Waals surface area contributed by atoms with Gasteiger partial charge in [-0.2, -0.15) is 0 Å². The molecule has 0 heterocycles. The maximum atomic E-state index is 14.7. The number of Topliss-reactive ketones (excluding diaryl/α,β-unsaturated/α-hetero) is 1. The van der Waals surface area contributed by atoms with Crippen LogP contribution in [-0.2, 0) is 14.3 Å². The van der Waals surface area contributed by atoms with E-state index in [1.54, 1.807) is 19.9 Å². The molecule has 25 heavy (non-hydrogen) atoms. The maximum Gasteiger partial charge on any atom is 0.309 e. The van der Waals surface area contributed by atoms with Gasteiger partial charge in [0.1, 0.15) is 0 Å². The second-order valence-corrected chi connectivity index (χ2v) is 5.74. The molecule has 0 N–H and O–H groups in total. The number of ketones is 1. The smallest absolute Gasteiger partial charge is 0.309 e. The van der Waals surface area contributed by atoms with Crippen LogP contribution < -0.4 is 9.47 Å². The second kappa shape index (κ2) is 9.20. The van der Waals surface area contributed by atoms with Crippen LogP contribution >= 0.6 is 0 Å². The number of benzene rings is 1. The number of hydrogen-bond donors (Lipinski definition) is 0. The van der Waals surface area contributed by atoms with Gasteiger partial charge in [0.25, 0.3) is 0 Å². The van der Waals surface area contributed by atoms with E-state index in [-0.39, 0.29) is 29.3 Å². The van der Waals surface area contributed by atoms with E-state index in [0.717, 1.165) is 0 Å². The van der Waals surface area contributed by atoms with Gasteiger partial charge in [0.05, 0.1) is 27.2 Å². The van der Waals surface area contributed by atoms with Crippen molar-refractivity contribution in [2.45, 2.75) is 33.6 Å². The van der Waals surface area contributed by atoms with Gasteiger partial charge in [-0.3, -0.25) is 9.59 Å². The van der Waals surface area contributed by atoms with Crippen molar-refractivity contribution in [3.63, 3.8) is 0 Å². The minimum atomic E-state index is -0.591. The van der Waals surface area contributed by atoms with Crippen LogP contribution in [0.3, 0.4) is 0 Å². The molecule has 1 aromatic rings. The van der Waals surface area contributed by atoms with Crippen LogP contribution in [-0.4, -0.2) is 33.1 Å². The lowest BCUT2D eigenvalue weighted by atomic mass is 9.95. The van der Waals surface area contributed by atoms with Crippen molar-refractivity contribution in [1.82, 2.24) is 0 Å². The normalized spacial score (nSPS) is 12.5. The van der Waals surface area contributed by atoms with Crippen molar-refractivity contribution in [2.75, 3.05) is 21.3 Å². The van der Waals surface area contributed by atoms with Gasteiger partial charge in [0.15, 0.2) is 23.1 Å². The molecule has 1 rings (SSSR count). The Balaban J connectivity index is 3.17. The predicted molar refractivity (Wildman–Crippen MR) is 93.3 cm³/mol. The lowest BCUT2D eigenvalue weighted by Crippen LogP contribution is -2.19. The van der Waals surface area contributed by atoms with E-state index in [1.807, 2.05) is 6.92 Å². The van der Waals surface area contributed by atoms with Gasteiger partial charge in [-0.15, -0.1) is 0 Å². The van der Waals surface area contributed by atoms with Crippen LogP contribution in [0.25, 0.3) is 6.08 Å². The van der Waals surface area contributed by atoms with E-state index in [9.17, 15) is 14.0 Å². The summed E-state index contributed by atoms with van der Waals surface area (Å²) in [6.07, 6.45) is 1.99. The highest BCUT2D eigenvalue weighted by molar-refractivity contribution is 6.00. The molecule has 0 aromatic heterocycles. The summed E-state index contributed by atoms with van der Waals surface area (Å²) < 4.78 is 29.5. The highest BCUT2D eigenvalue weighted by Crippen LogP contribution is 2.35. The van der Waals surface area contributed by atoms with Crippen molar-refractivity contribution in [2.24, 2.45) is 5.92 Å². The molecule has 0 amide bonds. The summed E-state index contributed by atoms with van der Waals surface area (Å²) >= 11 is 0. The molecule has 0 bridgehead atoms. The molecule has 1 unspecified atom stereocenters. The summed E-state index contributed by atoms with van der Waals surface area (Å²) in [7, 11) is 4.07. The van der Waals surface area contributed by atoms with E-state index in [2.05, 4.69) is 0 Å². The quantitative estimate of drug-likeness (QED) is 0.527. The van der Waals surface area contributed by atoms with Crippen molar-refractivity contribution >= 4 is 17.8 Å². The number of allylic oxidation sites excluding steroid dienone is 1. The van der Waals surface area contributed by atoms with Crippen LogP contribution in [0.1, 0.15) is 37.8 Å². The predicted octanol–water partition coefficient (Wildman–Crippen LogP) is 3.71. The number of rotatable bonds is 8. The molecule has 0 spiro atoms. The number of halogens is 1. The van der Waals surface area contributed by atoms with Crippen LogP contribution in [0.4, 0.5) is 4.39 Å². The molecule has 0 aliphatic rings. The standard InChI is InChI=1S/C19H25FO5/c1-7-13(19(22)25-6)10-15(21)12(3)8-14-11(2)9-16(23-4)18(24-5)17(14)20/h8-9,13H,7,10H2,1-6H3/b12-8+. The second-order valence-electron chi connectivity index (χ2n) is 5.74. The summed E-state index contributed by atoms with van der Waals surface area (Å²) in [5.74, 6) is -1.47. The number of methoxy groups -OCH3 is 3.